The van der Waals surface area contributed by atoms with Gasteiger partial charge in [0.1, 0.15) is 5.75 Å². The third-order valence-corrected chi connectivity index (χ3v) is 2.12. The van der Waals surface area contributed by atoms with Crippen molar-refractivity contribution in [3.8, 4) is 5.75 Å². The second-order valence-electron chi connectivity index (χ2n) is 3.45. The van der Waals surface area contributed by atoms with Gasteiger partial charge in [0.25, 0.3) is 0 Å². The summed E-state index contributed by atoms with van der Waals surface area (Å²) >= 11 is 0. The molecule has 0 saturated heterocycles. The summed E-state index contributed by atoms with van der Waals surface area (Å²) in [6.45, 7) is 5.13. The Kier molecular flexibility index (Phi) is 4.08. The number of carbonyl (C=O) groups excluding carboxylic acids is 1. The summed E-state index contributed by atoms with van der Waals surface area (Å²) in [5.41, 5.74) is 4.34. The highest BCUT2D eigenvalue weighted by atomic mass is 16.5. The van der Waals surface area contributed by atoms with Gasteiger partial charge in [-0.1, -0.05) is 6.58 Å². The van der Waals surface area contributed by atoms with E-state index in [-0.39, 0.29) is 0 Å². The van der Waals surface area contributed by atoms with Gasteiger partial charge < -0.3 is 9.75 Å². The lowest BCUT2D eigenvalue weighted by Crippen LogP contribution is -2.30. The third kappa shape index (κ3) is 3.10. The number of benzene rings is 1. The number of rotatable bonds is 4. The molecule has 0 aliphatic rings. The fourth-order valence-corrected chi connectivity index (χ4v) is 1.06. The fourth-order valence-electron chi connectivity index (χ4n) is 1.06. The predicted octanol–water partition coefficient (Wildman–Crippen LogP) is 1.74. The van der Waals surface area contributed by atoms with Crippen LogP contribution in [0.15, 0.2) is 36.4 Å². The van der Waals surface area contributed by atoms with Crippen LogP contribution >= 0.6 is 0 Å². The lowest BCUT2D eigenvalue weighted by atomic mass is 10.3. The fraction of sp³-hybridized carbons (Fsp3) is 0.250. The van der Waals surface area contributed by atoms with E-state index in [1.807, 2.05) is 31.2 Å². The number of ether oxygens (including phenoxy) is 1. The minimum absolute atomic E-state index is 0.386. The monoisotopic (exact) mass is 220 g/mol. The molecule has 4 nitrogen and oxygen atoms in total. The van der Waals surface area contributed by atoms with Crippen LogP contribution in [0.1, 0.15) is 6.92 Å². The Balaban J connectivity index is 2.72. The molecule has 0 radical (unpaired) electrons. The van der Waals surface area contributed by atoms with E-state index in [2.05, 4.69) is 12.0 Å². The molecule has 0 unspecified atom stereocenters. The van der Waals surface area contributed by atoms with Gasteiger partial charge >= 0.3 is 5.97 Å². The predicted molar refractivity (Wildman–Crippen MR) is 64.4 cm³/mol. The van der Waals surface area contributed by atoms with Crippen molar-refractivity contribution in [2.45, 2.75) is 6.92 Å². The van der Waals surface area contributed by atoms with Gasteiger partial charge in [-0.25, -0.2) is 10.2 Å². The quantitative estimate of drug-likeness (QED) is 0.363. The number of esters is 1. The topological polar surface area (TPSA) is 41.6 Å². The zero-order chi connectivity index (χ0) is 12.1. The first-order valence-corrected chi connectivity index (χ1v) is 4.93. The third-order valence-electron chi connectivity index (χ3n) is 2.12. The molecule has 0 spiro atoms. The van der Waals surface area contributed by atoms with Gasteiger partial charge in [-0.3, -0.25) is 0 Å². The molecule has 0 saturated carbocycles. The minimum atomic E-state index is -0.408. The average molecular weight is 220 g/mol. The summed E-state index contributed by atoms with van der Waals surface area (Å²) in [7, 11) is 3.73. The van der Waals surface area contributed by atoms with Gasteiger partial charge in [-0.15, -0.1) is 0 Å². The summed E-state index contributed by atoms with van der Waals surface area (Å²) in [6.07, 6.45) is 0. The first-order valence-electron chi connectivity index (χ1n) is 4.93. The van der Waals surface area contributed by atoms with Crippen LogP contribution < -0.4 is 15.2 Å². The zero-order valence-corrected chi connectivity index (χ0v) is 9.78. The summed E-state index contributed by atoms with van der Waals surface area (Å²) in [4.78, 5) is 11.2. The lowest BCUT2D eigenvalue weighted by molar-refractivity contribution is -0.130. The van der Waals surface area contributed by atoms with Crippen molar-refractivity contribution in [3.05, 3.63) is 36.4 Å². The van der Waals surface area contributed by atoms with Crippen molar-refractivity contribution in [1.82, 2.24) is 5.43 Å². The van der Waals surface area contributed by atoms with Gasteiger partial charge in [0, 0.05) is 19.7 Å². The average Bonchev–Trinajstić information content (AvgIpc) is 2.28. The van der Waals surface area contributed by atoms with Gasteiger partial charge in [0.05, 0.1) is 5.69 Å². The van der Waals surface area contributed by atoms with Crippen LogP contribution in [0.5, 0.6) is 5.75 Å². The number of nitrogens with zero attached hydrogens (tertiary/aromatic N) is 1. The summed E-state index contributed by atoms with van der Waals surface area (Å²) in [6, 6.07) is 7.20. The molecule has 0 aromatic heterocycles. The van der Waals surface area contributed by atoms with Crippen molar-refractivity contribution in [2.24, 2.45) is 0 Å². The van der Waals surface area contributed by atoms with E-state index in [1.165, 1.54) is 0 Å². The van der Waals surface area contributed by atoms with E-state index >= 15 is 0 Å². The molecule has 1 N–H and O–H groups in total. The van der Waals surface area contributed by atoms with Gasteiger partial charge in [0.15, 0.2) is 0 Å². The highest BCUT2D eigenvalue weighted by molar-refractivity contribution is 5.88. The Morgan fingerprint density at radius 2 is 1.94 bits per heavy atom. The van der Waals surface area contributed by atoms with Crippen LogP contribution in [-0.2, 0) is 4.79 Å². The van der Waals surface area contributed by atoms with Crippen LogP contribution in [-0.4, -0.2) is 20.1 Å². The van der Waals surface area contributed by atoms with Crippen LogP contribution in [0.4, 0.5) is 5.69 Å². The van der Waals surface area contributed by atoms with Crippen molar-refractivity contribution >= 4 is 11.7 Å². The van der Waals surface area contributed by atoms with E-state index < -0.39 is 5.97 Å². The molecule has 1 rings (SSSR count). The molecule has 0 aliphatic carbocycles. The minimum Gasteiger partial charge on any atom is -0.423 e. The SMILES string of the molecule is C=C(C)C(=O)Oc1ccc(N(C)NC)cc1. The Bertz CT molecular complexity index is 385. The molecule has 0 bridgehead atoms. The van der Waals surface area contributed by atoms with Crippen molar-refractivity contribution in [2.75, 3.05) is 19.1 Å². The first-order chi connectivity index (χ1) is 7.54. The molecule has 16 heavy (non-hydrogen) atoms. The highest BCUT2D eigenvalue weighted by Gasteiger charge is 2.05. The van der Waals surface area contributed by atoms with Gasteiger partial charge in [-0.05, 0) is 31.2 Å². The Hall–Kier alpha value is -1.81. The molecule has 1 aromatic carbocycles. The van der Waals surface area contributed by atoms with E-state index in [0.717, 1.165) is 5.69 Å². The van der Waals surface area contributed by atoms with E-state index in [9.17, 15) is 4.79 Å². The molecule has 0 aliphatic heterocycles. The van der Waals surface area contributed by atoms with Crippen LogP contribution in [0.2, 0.25) is 0 Å². The van der Waals surface area contributed by atoms with Crippen molar-refractivity contribution in [3.63, 3.8) is 0 Å². The zero-order valence-electron chi connectivity index (χ0n) is 9.78. The standard InChI is InChI=1S/C12H16N2O2/c1-9(2)12(15)16-11-7-5-10(6-8-11)14(4)13-3/h5-8,13H,1H2,2-4H3. The molecule has 0 amide bonds. The lowest BCUT2D eigenvalue weighted by Gasteiger charge is -2.17. The second-order valence-corrected chi connectivity index (χ2v) is 3.45. The molecule has 4 heteroatoms. The van der Waals surface area contributed by atoms with E-state index in [0.29, 0.717) is 11.3 Å². The Labute approximate surface area is 95.5 Å². The summed E-state index contributed by atoms with van der Waals surface area (Å²) in [5.74, 6) is 0.107. The number of hydrazine groups is 1. The number of hydrogen-bond acceptors (Lipinski definition) is 4. The summed E-state index contributed by atoms with van der Waals surface area (Å²) in [5, 5.41) is 1.85. The van der Waals surface area contributed by atoms with Crippen LogP contribution in [0, 0.1) is 0 Å². The molecule has 0 atom stereocenters. The van der Waals surface area contributed by atoms with Crippen molar-refractivity contribution in [1.29, 1.82) is 0 Å². The largest absolute Gasteiger partial charge is 0.423 e. The summed E-state index contributed by atoms with van der Waals surface area (Å²) < 4.78 is 5.07. The smallest absolute Gasteiger partial charge is 0.338 e. The normalized spacial score (nSPS) is 9.69. The Morgan fingerprint density at radius 1 is 1.38 bits per heavy atom. The maximum absolute atomic E-state index is 11.2. The molecular formula is C12H16N2O2. The van der Waals surface area contributed by atoms with E-state index in [4.69, 9.17) is 4.74 Å². The maximum Gasteiger partial charge on any atom is 0.338 e. The van der Waals surface area contributed by atoms with Crippen LogP contribution in [0.25, 0.3) is 0 Å². The molecular weight excluding hydrogens is 204 g/mol. The van der Waals surface area contributed by atoms with Gasteiger partial charge in [0.2, 0.25) is 0 Å². The number of carbonyl (C=O) groups is 1. The highest BCUT2D eigenvalue weighted by Crippen LogP contribution is 2.17. The Morgan fingerprint density at radius 3 is 2.38 bits per heavy atom. The number of anilines is 1. The molecule has 86 valence electrons. The molecule has 1 aromatic rings. The van der Waals surface area contributed by atoms with Crippen molar-refractivity contribution < 1.29 is 9.53 Å². The second kappa shape index (κ2) is 5.32. The van der Waals surface area contributed by atoms with Crippen LogP contribution in [0.3, 0.4) is 0 Å². The number of nitrogens with one attached hydrogen (secondary N) is 1. The first kappa shape index (κ1) is 12.3. The number of hydrogen-bond donors (Lipinski definition) is 1. The van der Waals surface area contributed by atoms with Gasteiger partial charge in [-0.2, -0.15) is 0 Å². The molecule has 0 heterocycles. The maximum atomic E-state index is 11.2. The van der Waals surface area contributed by atoms with E-state index in [1.54, 1.807) is 19.1 Å². The molecule has 0 fully saturated rings.